The largest absolute Gasteiger partial charge is 0.413 e. The van der Waals surface area contributed by atoms with Gasteiger partial charge in [0.15, 0.2) is 5.58 Å². The highest BCUT2D eigenvalue weighted by Gasteiger charge is 2.34. The van der Waals surface area contributed by atoms with Gasteiger partial charge in [-0.25, -0.2) is 13.2 Å². The highest BCUT2D eigenvalue weighted by Crippen LogP contribution is 2.38. The molecule has 3 aromatic carbocycles. The molecule has 5 rings (SSSR count). The smallest absolute Gasteiger partial charge is 0.396 e. The third kappa shape index (κ3) is 3.68. The summed E-state index contributed by atoms with van der Waals surface area (Å²) in [5.41, 5.74) is 1.57. The van der Waals surface area contributed by atoms with Crippen LogP contribution in [0.1, 0.15) is 22.8 Å². The number of nitrogens with zero attached hydrogens (tertiary/aromatic N) is 2. The highest BCUT2D eigenvalue weighted by atomic mass is 32.2. The molecule has 0 radical (unpaired) electrons. The van der Waals surface area contributed by atoms with Gasteiger partial charge in [-0.15, -0.1) is 0 Å². The molecule has 0 spiro atoms. The van der Waals surface area contributed by atoms with Crippen molar-refractivity contribution in [3.8, 4) is 0 Å². The van der Waals surface area contributed by atoms with Crippen LogP contribution in [0.3, 0.4) is 0 Å². The molecule has 0 atom stereocenters. The number of carbonyl (C=O) groups is 1. The van der Waals surface area contributed by atoms with Gasteiger partial charge in [-0.2, -0.15) is 4.31 Å². The topological polar surface area (TPSA) is 97.5 Å². The molecule has 7 nitrogen and oxygen atoms in total. The zero-order chi connectivity index (χ0) is 23.9. The Morgan fingerprint density at radius 1 is 1.03 bits per heavy atom. The first-order valence-electron chi connectivity index (χ1n) is 10.4. The minimum atomic E-state index is -4.33. The van der Waals surface area contributed by atoms with Gasteiger partial charge in [-0.05, 0) is 42.3 Å². The lowest BCUT2D eigenvalue weighted by atomic mass is 10.1. The minimum absolute atomic E-state index is 0.0218. The number of aromatic nitrogens is 1. The molecule has 2 aromatic heterocycles. The summed E-state index contributed by atoms with van der Waals surface area (Å²) in [5.74, 6) is -0.756. The van der Waals surface area contributed by atoms with Crippen LogP contribution >= 0.6 is 11.3 Å². The second kappa shape index (κ2) is 8.51. The van der Waals surface area contributed by atoms with Crippen LogP contribution in [-0.2, 0) is 16.4 Å². The maximum absolute atomic E-state index is 13.9. The van der Waals surface area contributed by atoms with Crippen molar-refractivity contribution in [1.82, 2.24) is 4.98 Å². The van der Waals surface area contributed by atoms with Gasteiger partial charge < -0.3 is 4.42 Å². The monoisotopic (exact) mass is 490 g/mol. The zero-order valence-electron chi connectivity index (χ0n) is 18.0. The standard InChI is InChI=1S/C25H18N2O5S2/c1-2-16-9-11-18(12-10-16)34(30,31)27(24(28)17-6-5-13-26-15-17)21-14-22-23(32-25(29)33-22)20-8-4-3-7-19(20)21/h3-15H,2H2,1H3. The Hall–Kier alpha value is -3.82. The maximum atomic E-state index is 13.9. The lowest BCUT2D eigenvalue weighted by molar-refractivity contribution is 0.100. The molecule has 0 aliphatic heterocycles. The van der Waals surface area contributed by atoms with Gasteiger partial charge in [-0.3, -0.25) is 9.78 Å². The minimum Gasteiger partial charge on any atom is -0.413 e. The second-order valence-electron chi connectivity index (χ2n) is 7.54. The van der Waals surface area contributed by atoms with E-state index in [1.807, 2.05) is 6.92 Å². The van der Waals surface area contributed by atoms with E-state index < -0.39 is 20.9 Å². The first-order valence-corrected chi connectivity index (χ1v) is 12.7. The van der Waals surface area contributed by atoms with Crippen molar-refractivity contribution in [3.05, 3.63) is 100.0 Å². The number of rotatable bonds is 5. The summed E-state index contributed by atoms with van der Waals surface area (Å²) in [5, 5.41) is 0.997. The predicted molar refractivity (Wildman–Crippen MR) is 132 cm³/mol. The van der Waals surface area contributed by atoms with Crippen molar-refractivity contribution in [1.29, 1.82) is 0 Å². The van der Waals surface area contributed by atoms with Crippen molar-refractivity contribution < 1.29 is 17.6 Å². The van der Waals surface area contributed by atoms with E-state index in [0.717, 1.165) is 27.6 Å². The number of pyridine rings is 1. The Morgan fingerprint density at radius 2 is 1.76 bits per heavy atom. The van der Waals surface area contributed by atoms with E-state index >= 15 is 0 Å². The number of hydrogen-bond acceptors (Lipinski definition) is 7. The van der Waals surface area contributed by atoms with E-state index in [2.05, 4.69) is 4.98 Å². The third-order valence-corrected chi connectivity index (χ3v) is 7.98. The molecular formula is C25H18N2O5S2. The van der Waals surface area contributed by atoms with E-state index in [0.29, 0.717) is 21.1 Å². The van der Waals surface area contributed by atoms with Crippen LogP contribution in [0.25, 0.3) is 21.1 Å². The molecule has 1 amide bonds. The average molecular weight is 491 g/mol. The summed E-state index contributed by atoms with van der Waals surface area (Å²) in [7, 11) is -4.33. The Morgan fingerprint density at radius 3 is 2.44 bits per heavy atom. The molecule has 0 aliphatic rings. The predicted octanol–water partition coefficient (Wildman–Crippen LogP) is 5.00. The van der Waals surface area contributed by atoms with Crippen LogP contribution in [-0.4, -0.2) is 19.3 Å². The summed E-state index contributed by atoms with van der Waals surface area (Å²) in [4.78, 5) is 29.1. The average Bonchev–Trinajstić information content (AvgIpc) is 3.25. The first kappa shape index (κ1) is 22.0. The Bertz CT molecular complexity index is 1690. The summed E-state index contributed by atoms with van der Waals surface area (Å²) < 4.78 is 34.5. The molecule has 0 aliphatic carbocycles. The molecule has 0 N–H and O–H groups in total. The zero-order valence-corrected chi connectivity index (χ0v) is 19.6. The quantitative estimate of drug-likeness (QED) is 0.344. The summed E-state index contributed by atoms with van der Waals surface area (Å²) in [6.45, 7) is 1.97. The fraction of sp³-hybridized carbons (Fsp3) is 0.0800. The maximum Gasteiger partial charge on any atom is 0.396 e. The molecule has 0 bridgehead atoms. The molecule has 0 saturated heterocycles. The lowest BCUT2D eigenvalue weighted by Gasteiger charge is -2.24. The van der Waals surface area contributed by atoms with Crippen LogP contribution in [0.2, 0.25) is 0 Å². The second-order valence-corrected chi connectivity index (χ2v) is 10.3. The number of amides is 1. The van der Waals surface area contributed by atoms with Crippen molar-refractivity contribution in [2.75, 3.05) is 4.31 Å². The van der Waals surface area contributed by atoms with Crippen LogP contribution in [0.15, 0.2) is 93.2 Å². The molecule has 170 valence electrons. The summed E-state index contributed by atoms with van der Waals surface area (Å²) >= 11 is 0.850. The number of aryl methyl sites for hydroxylation is 1. The van der Waals surface area contributed by atoms with Gasteiger partial charge in [0.05, 0.1) is 20.8 Å². The van der Waals surface area contributed by atoms with E-state index in [1.165, 1.54) is 36.7 Å². The molecule has 34 heavy (non-hydrogen) atoms. The van der Waals surface area contributed by atoms with Gasteiger partial charge in [-0.1, -0.05) is 54.7 Å². The fourth-order valence-electron chi connectivity index (χ4n) is 3.80. The Balaban J connectivity index is 1.82. The van der Waals surface area contributed by atoms with E-state index in [9.17, 15) is 18.0 Å². The summed E-state index contributed by atoms with van der Waals surface area (Å²) in [6, 6.07) is 17.9. The number of sulfonamides is 1. The van der Waals surface area contributed by atoms with Crippen LogP contribution in [0.5, 0.6) is 0 Å². The number of anilines is 1. The highest BCUT2D eigenvalue weighted by molar-refractivity contribution is 7.93. The van der Waals surface area contributed by atoms with Gasteiger partial charge in [0.1, 0.15) is 0 Å². The van der Waals surface area contributed by atoms with E-state index in [4.69, 9.17) is 4.42 Å². The number of fused-ring (bicyclic) bond motifs is 3. The summed E-state index contributed by atoms with van der Waals surface area (Å²) in [6.07, 6.45) is 3.57. The van der Waals surface area contributed by atoms with Crippen LogP contribution in [0.4, 0.5) is 5.69 Å². The molecular weight excluding hydrogens is 472 g/mol. The van der Waals surface area contributed by atoms with Crippen LogP contribution < -0.4 is 9.24 Å². The number of benzene rings is 3. The van der Waals surface area contributed by atoms with Crippen molar-refractivity contribution in [3.63, 3.8) is 0 Å². The lowest BCUT2D eigenvalue weighted by Crippen LogP contribution is -2.37. The normalized spacial score (nSPS) is 11.7. The van der Waals surface area contributed by atoms with Gasteiger partial charge >= 0.3 is 4.94 Å². The van der Waals surface area contributed by atoms with Crippen molar-refractivity contribution in [2.24, 2.45) is 0 Å². The SMILES string of the molecule is CCc1ccc(S(=O)(=O)N(C(=O)c2cccnc2)c2cc3sc(=O)oc3c3ccccc23)cc1. The first-order chi connectivity index (χ1) is 16.4. The molecule has 0 saturated carbocycles. The van der Waals surface area contributed by atoms with E-state index in [1.54, 1.807) is 42.5 Å². The van der Waals surface area contributed by atoms with Gasteiger partial charge in [0.25, 0.3) is 15.9 Å². The molecule has 9 heteroatoms. The Labute approximate surface area is 199 Å². The molecule has 0 unspecified atom stereocenters. The van der Waals surface area contributed by atoms with Crippen LogP contribution in [0, 0.1) is 0 Å². The van der Waals surface area contributed by atoms with E-state index in [-0.39, 0.29) is 16.1 Å². The number of carbonyl (C=O) groups excluding carboxylic acids is 1. The molecule has 5 aromatic rings. The Kier molecular flexibility index (Phi) is 5.51. The molecule has 2 heterocycles. The van der Waals surface area contributed by atoms with Crippen molar-refractivity contribution in [2.45, 2.75) is 18.2 Å². The fourth-order valence-corrected chi connectivity index (χ4v) is 5.95. The van der Waals surface area contributed by atoms with Gasteiger partial charge in [0.2, 0.25) is 0 Å². The van der Waals surface area contributed by atoms with Crippen molar-refractivity contribution >= 4 is 54.0 Å². The van der Waals surface area contributed by atoms with Gasteiger partial charge in [0, 0.05) is 23.2 Å². The number of hydrogen-bond donors (Lipinski definition) is 0. The molecule has 0 fully saturated rings. The third-order valence-electron chi connectivity index (χ3n) is 5.50.